The van der Waals surface area contributed by atoms with Crippen LogP contribution in [0.1, 0.15) is 12.0 Å². The van der Waals surface area contributed by atoms with Crippen molar-refractivity contribution in [3.8, 4) is 11.8 Å². The summed E-state index contributed by atoms with van der Waals surface area (Å²) in [4.78, 5) is 0. The topological polar surface area (TPSA) is 45.0 Å². The maximum absolute atomic E-state index is 8.68. The van der Waals surface area contributed by atoms with Crippen molar-refractivity contribution in [2.24, 2.45) is 0 Å². The summed E-state index contributed by atoms with van der Waals surface area (Å²) < 4.78 is 5.70. The van der Waals surface area contributed by atoms with Crippen molar-refractivity contribution in [3.63, 3.8) is 0 Å². The lowest BCUT2D eigenvalue weighted by Gasteiger charge is -2.13. The van der Waals surface area contributed by atoms with Gasteiger partial charge in [0, 0.05) is 6.54 Å². The third-order valence-corrected chi connectivity index (χ3v) is 2.67. The second-order valence-corrected chi connectivity index (χ2v) is 3.90. The third kappa shape index (κ3) is 2.41. The Kier molecular flexibility index (Phi) is 3.10. The Balaban J connectivity index is 2.11. The number of halogens is 1. The van der Waals surface area contributed by atoms with Gasteiger partial charge in [0.2, 0.25) is 0 Å². The number of nitrogens with one attached hydrogen (secondary N) is 1. The summed E-state index contributed by atoms with van der Waals surface area (Å²) in [5.41, 5.74) is 0.553. The molecule has 1 N–H and O–H groups in total. The molecule has 0 bridgehead atoms. The lowest BCUT2D eigenvalue weighted by Crippen LogP contribution is -2.19. The van der Waals surface area contributed by atoms with Gasteiger partial charge in [-0.25, -0.2) is 0 Å². The monoisotopic (exact) mass is 222 g/mol. The second kappa shape index (κ2) is 4.52. The number of hydrogen-bond acceptors (Lipinski definition) is 3. The van der Waals surface area contributed by atoms with Crippen molar-refractivity contribution in [2.45, 2.75) is 12.5 Å². The van der Waals surface area contributed by atoms with E-state index in [0.717, 1.165) is 19.5 Å². The summed E-state index contributed by atoms with van der Waals surface area (Å²) in [5, 5.41) is 12.4. The molecule has 4 heteroatoms. The first-order valence-electron chi connectivity index (χ1n) is 4.86. The molecule has 1 saturated heterocycles. The Morgan fingerprint density at radius 2 is 2.40 bits per heavy atom. The zero-order chi connectivity index (χ0) is 10.7. The first-order chi connectivity index (χ1) is 7.29. The van der Waals surface area contributed by atoms with Gasteiger partial charge in [-0.05, 0) is 31.2 Å². The van der Waals surface area contributed by atoms with Crippen LogP contribution < -0.4 is 10.1 Å². The number of ether oxygens (including phenoxy) is 1. The highest BCUT2D eigenvalue weighted by Crippen LogP contribution is 2.26. The van der Waals surface area contributed by atoms with Crippen molar-refractivity contribution in [3.05, 3.63) is 28.8 Å². The van der Waals surface area contributed by atoms with Crippen LogP contribution in [0.3, 0.4) is 0 Å². The van der Waals surface area contributed by atoms with Crippen LogP contribution in [-0.2, 0) is 0 Å². The fraction of sp³-hybridized carbons (Fsp3) is 0.364. The molecule has 1 aliphatic rings. The first kappa shape index (κ1) is 10.3. The first-order valence-corrected chi connectivity index (χ1v) is 5.24. The SMILES string of the molecule is N#Cc1ccc(OC2CCNC2)c(Cl)c1. The molecule has 1 aliphatic heterocycles. The number of nitriles is 1. The van der Waals surface area contributed by atoms with E-state index < -0.39 is 0 Å². The summed E-state index contributed by atoms with van der Waals surface area (Å²) in [5.74, 6) is 0.657. The molecule has 2 rings (SSSR count). The van der Waals surface area contributed by atoms with Gasteiger partial charge in [0.05, 0.1) is 16.7 Å². The Bertz CT molecular complexity index is 394. The molecule has 0 amide bonds. The van der Waals surface area contributed by atoms with E-state index in [1.165, 1.54) is 0 Å². The smallest absolute Gasteiger partial charge is 0.138 e. The Labute approximate surface area is 93.6 Å². The zero-order valence-corrected chi connectivity index (χ0v) is 8.92. The average molecular weight is 223 g/mol. The predicted octanol–water partition coefficient (Wildman–Crippen LogP) is 1.95. The molecule has 1 heterocycles. The molecule has 0 aromatic heterocycles. The molecule has 0 radical (unpaired) electrons. The fourth-order valence-electron chi connectivity index (χ4n) is 1.57. The maximum atomic E-state index is 8.68. The molecule has 0 aliphatic carbocycles. The fourth-order valence-corrected chi connectivity index (χ4v) is 1.80. The van der Waals surface area contributed by atoms with Crippen molar-refractivity contribution in [1.29, 1.82) is 5.26 Å². The van der Waals surface area contributed by atoms with Gasteiger partial charge in [-0.1, -0.05) is 11.6 Å². The molecule has 1 aromatic carbocycles. The van der Waals surface area contributed by atoms with Crippen molar-refractivity contribution in [1.82, 2.24) is 5.32 Å². The van der Waals surface area contributed by atoms with Gasteiger partial charge >= 0.3 is 0 Å². The quantitative estimate of drug-likeness (QED) is 0.832. The van der Waals surface area contributed by atoms with Gasteiger partial charge in [0.25, 0.3) is 0 Å². The van der Waals surface area contributed by atoms with Gasteiger partial charge < -0.3 is 10.1 Å². The lowest BCUT2D eigenvalue weighted by molar-refractivity contribution is 0.223. The van der Waals surface area contributed by atoms with Gasteiger partial charge in [-0.2, -0.15) is 5.26 Å². The van der Waals surface area contributed by atoms with E-state index in [1.807, 2.05) is 6.07 Å². The van der Waals surface area contributed by atoms with Gasteiger partial charge in [-0.15, -0.1) is 0 Å². The number of rotatable bonds is 2. The molecule has 1 unspecified atom stereocenters. The standard InChI is InChI=1S/C11H11ClN2O/c12-10-5-8(6-13)1-2-11(10)15-9-3-4-14-7-9/h1-2,5,9,14H,3-4,7H2. The predicted molar refractivity (Wildman–Crippen MR) is 58.1 cm³/mol. The van der Waals surface area contributed by atoms with Gasteiger partial charge in [-0.3, -0.25) is 0 Å². The molecular weight excluding hydrogens is 212 g/mol. The van der Waals surface area contributed by atoms with E-state index in [4.69, 9.17) is 21.6 Å². The van der Waals surface area contributed by atoms with E-state index in [-0.39, 0.29) is 6.10 Å². The molecule has 1 fully saturated rings. The van der Waals surface area contributed by atoms with E-state index >= 15 is 0 Å². The summed E-state index contributed by atoms with van der Waals surface area (Å²) in [7, 11) is 0. The van der Waals surface area contributed by atoms with Crippen LogP contribution in [0.2, 0.25) is 5.02 Å². The molecular formula is C11H11ClN2O. The van der Waals surface area contributed by atoms with Crippen LogP contribution in [0.4, 0.5) is 0 Å². The minimum Gasteiger partial charge on any atom is -0.487 e. The minimum absolute atomic E-state index is 0.190. The van der Waals surface area contributed by atoms with E-state index in [1.54, 1.807) is 18.2 Å². The van der Waals surface area contributed by atoms with Gasteiger partial charge in [0.1, 0.15) is 11.9 Å². The highest BCUT2D eigenvalue weighted by molar-refractivity contribution is 6.32. The molecule has 0 spiro atoms. The molecule has 1 aromatic rings. The van der Waals surface area contributed by atoms with Crippen LogP contribution in [-0.4, -0.2) is 19.2 Å². The minimum atomic E-state index is 0.190. The normalized spacial score (nSPS) is 19.9. The second-order valence-electron chi connectivity index (χ2n) is 3.49. The summed E-state index contributed by atoms with van der Waals surface area (Å²) in [6.45, 7) is 1.84. The number of nitrogens with zero attached hydrogens (tertiary/aromatic N) is 1. The van der Waals surface area contributed by atoms with Crippen molar-refractivity contribution >= 4 is 11.6 Å². The highest BCUT2D eigenvalue weighted by atomic mass is 35.5. The zero-order valence-electron chi connectivity index (χ0n) is 8.16. The van der Waals surface area contributed by atoms with Crippen molar-refractivity contribution < 1.29 is 4.74 Å². The number of benzene rings is 1. The Hall–Kier alpha value is -1.24. The van der Waals surface area contributed by atoms with Crippen LogP contribution in [0.5, 0.6) is 5.75 Å². The molecule has 78 valence electrons. The van der Waals surface area contributed by atoms with Crippen LogP contribution in [0.15, 0.2) is 18.2 Å². The van der Waals surface area contributed by atoms with Gasteiger partial charge in [0.15, 0.2) is 0 Å². The number of hydrogen-bond donors (Lipinski definition) is 1. The van der Waals surface area contributed by atoms with E-state index in [9.17, 15) is 0 Å². The van der Waals surface area contributed by atoms with Crippen LogP contribution >= 0.6 is 11.6 Å². The third-order valence-electron chi connectivity index (χ3n) is 2.37. The highest BCUT2D eigenvalue weighted by Gasteiger charge is 2.17. The summed E-state index contributed by atoms with van der Waals surface area (Å²) in [6, 6.07) is 7.12. The van der Waals surface area contributed by atoms with Crippen LogP contribution in [0, 0.1) is 11.3 Å². The molecule has 0 saturated carbocycles. The summed E-state index contributed by atoms with van der Waals surface area (Å²) in [6.07, 6.45) is 1.19. The molecule has 3 nitrogen and oxygen atoms in total. The van der Waals surface area contributed by atoms with E-state index in [0.29, 0.717) is 16.3 Å². The van der Waals surface area contributed by atoms with E-state index in [2.05, 4.69) is 5.32 Å². The molecule has 15 heavy (non-hydrogen) atoms. The average Bonchev–Trinajstić information content (AvgIpc) is 2.74. The Morgan fingerprint density at radius 1 is 1.53 bits per heavy atom. The lowest BCUT2D eigenvalue weighted by atomic mass is 10.2. The maximum Gasteiger partial charge on any atom is 0.138 e. The molecule has 1 atom stereocenters. The summed E-state index contributed by atoms with van der Waals surface area (Å²) >= 11 is 5.99. The Morgan fingerprint density at radius 3 is 3.00 bits per heavy atom. The van der Waals surface area contributed by atoms with Crippen LogP contribution in [0.25, 0.3) is 0 Å². The largest absolute Gasteiger partial charge is 0.487 e. The van der Waals surface area contributed by atoms with Crippen molar-refractivity contribution in [2.75, 3.05) is 13.1 Å².